The highest BCUT2D eigenvalue weighted by atomic mass is 32.2. The molecule has 0 spiro atoms. The Labute approximate surface area is 97.8 Å². The third-order valence-electron chi connectivity index (χ3n) is 2.21. The summed E-state index contributed by atoms with van der Waals surface area (Å²) in [6, 6.07) is 0. The lowest BCUT2D eigenvalue weighted by atomic mass is 10.4. The summed E-state index contributed by atoms with van der Waals surface area (Å²) in [4.78, 5) is 4.45. The molecule has 1 aromatic rings. The van der Waals surface area contributed by atoms with Gasteiger partial charge in [-0.3, -0.25) is 4.21 Å². The normalized spacial score (nSPS) is 15.1. The van der Waals surface area contributed by atoms with Crippen molar-refractivity contribution in [3.8, 4) is 0 Å². The molecule has 0 aromatic carbocycles. The van der Waals surface area contributed by atoms with E-state index < -0.39 is 10.8 Å². The minimum absolute atomic E-state index is 0.203. The third kappa shape index (κ3) is 4.40. The molecule has 86 valence electrons. The van der Waals surface area contributed by atoms with Crippen LogP contribution in [-0.2, 0) is 23.8 Å². The predicted molar refractivity (Wildman–Crippen MR) is 66.7 cm³/mol. The van der Waals surface area contributed by atoms with E-state index in [1.54, 1.807) is 17.6 Å². The second-order valence-corrected chi connectivity index (χ2v) is 6.27. The topological polar surface area (TPSA) is 42.0 Å². The minimum atomic E-state index is -0.745. The molecule has 1 aromatic heterocycles. The van der Waals surface area contributed by atoms with Gasteiger partial charge in [-0.05, 0) is 13.3 Å². The summed E-state index contributed by atoms with van der Waals surface area (Å²) in [6.07, 6.45) is 2.74. The number of thiazole rings is 1. The second-order valence-electron chi connectivity index (χ2n) is 3.53. The van der Waals surface area contributed by atoms with Crippen LogP contribution in [0.2, 0.25) is 0 Å². The highest BCUT2D eigenvalue weighted by Crippen LogP contribution is 2.09. The highest BCUT2D eigenvalue weighted by molar-refractivity contribution is 7.84. The first kappa shape index (κ1) is 12.8. The second kappa shape index (κ2) is 6.35. The lowest BCUT2D eigenvalue weighted by Gasteiger charge is -2.08. The van der Waals surface area contributed by atoms with Crippen molar-refractivity contribution in [3.05, 3.63) is 16.1 Å². The minimum Gasteiger partial charge on any atom is -0.310 e. The largest absolute Gasteiger partial charge is 0.310 e. The summed E-state index contributed by atoms with van der Waals surface area (Å²) in [6.45, 7) is 5.65. The first-order valence-corrected chi connectivity index (χ1v) is 7.59. The zero-order valence-electron chi connectivity index (χ0n) is 9.45. The van der Waals surface area contributed by atoms with E-state index in [-0.39, 0.29) is 5.25 Å². The first-order chi connectivity index (χ1) is 7.13. The van der Waals surface area contributed by atoms with E-state index in [0.717, 1.165) is 25.2 Å². The number of hydrogen-bond acceptors (Lipinski definition) is 4. The van der Waals surface area contributed by atoms with Crippen molar-refractivity contribution in [3.63, 3.8) is 0 Å². The zero-order valence-corrected chi connectivity index (χ0v) is 11.1. The lowest BCUT2D eigenvalue weighted by molar-refractivity contribution is 0.642. The number of nitrogens with one attached hydrogen (secondary N) is 1. The molecular weight excluding hydrogens is 228 g/mol. The molecule has 0 saturated carbocycles. The Morgan fingerprint density at radius 3 is 2.93 bits per heavy atom. The molecule has 2 unspecified atom stereocenters. The van der Waals surface area contributed by atoms with Gasteiger partial charge in [-0.25, -0.2) is 4.98 Å². The Morgan fingerprint density at radius 2 is 2.40 bits per heavy atom. The van der Waals surface area contributed by atoms with Gasteiger partial charge < -0.3 is 5.32 Å². The van der Waals surface area contributed by atoms with E-state index in [4.69, 9.17) is 0 Å². The van der Waals surface area contributed by atoms with Gasteiger partial charge in [0.05, 0.1) is 10.7 Å². The summed E-state index contributed by atoms with van der Waals surface area (Å²) in [5.74, 6) is 0. The fourth-order valence-electron chi connectivity index (χ4n) is 1.11. The van der Waals surface area contributed by atoms with Crippen LogP contribution in [0.3, 0.4) is 0 Å². The highest BCUT2D eigenvalue weighted by Gasteiger charge is 2.05. The average molecular weight is 246 g/mol. The van der Waals surface area contributed by atoms with Gasteiger partial charge in [0.1, 0.15) is 0 Å². The quantitative estimate of drug-likeness (QED) is 0.828. The molecule has 0 aliphatic rings. The Morgan fingerprint density at radius 1 is 1.67 bits per heavy atom. The van der Waals surface area contributed by atoms with Crippen LogP contribution in [0.15, 0.2) is 5.38 Å². The Balaban J connectivity index is 2.28. The molecule has 1 N–H and O–H groups in total. The maximum absolute atomic E-state index is 11.1. The molecule has 15 heavy (non-hydrogen) atoms. The summed E-state index contributed by atoms with van der Waals surface area (Å²) < 4.78 is 11.1. The van der Waals surface area contributed by atoms with Gasteiger partial charge in [-0.1, -0.05) is 6.92 Å². The van der Waals surface area contributed by atoms with Gasteiger partial charge in [0.2, 0.25) is 0 Å². The Hall–Kier alpha value is -0.260. The van der Waals surface area contributed by atoms with Gasteiger partial charge >= 0.3 is 0 Å². The fourth-order valence-corrected chi connectivity index (χ4v) is 2.21. The van der Waals surface area contributed by atoms with Crippen molar-refractivity contribution in [2.24, 2.45) is 0 Å². The Kier molecular flexibility index (Phi) is 5.42. The molecular formula is C10H18N2OS2. The van der Waals surface area contributed by atoms with E-state index in [1.165, 1.54) is 5.01 Å². The van der Waals surface area contributed by atoms with Crippen molar-refractivity contribution in [1.82, 2.24) is 10.3 Å². The van der Waals surface area contributed by atoms with Crippen molar-refractivity contribution < 1.29 is 4.21 Å². The zero-order chi connectivity index (χ0) is 11.3. The van der Waals surface area contributed by atoms with Crippen molar-refractivity contribution in [1.29, 1.82) is 0 Å². The molecule has 1 rings (SSSR count). The van der Waals surface area contributed by atoms with Crippen LogP contribution in [0.1, 0.15) is 24.5 Å². The molecule has 0 radical (unpaired) electrons. The standard InChI is InChI=1S/C10H18N2OS2/c1-4-10-12-9(7-14-10)6-11-5-8(2)15(3)13/h7-8,11H,4-6H2,1-3H3. The molecule has 0 bridgehead atoms. The smallest absolute Gasteiger partial charge is 0.0926 e. The molecule has 0 aliphatic heterocycles. The van der Waals surface area contributed by atoms with Crippen molar-refractivity contribution in [2.75, 3.05) is 12.8 Å². The number of hydrogen-bond donors (Lipinski definition) is 1. The van der Waals surface area contributed by atoms with Gasteiger partial charge in [0.15, 0.2) is 0 Å². The predicted octanol–water partition coefficient (Wildman–Crippen LogP) is 1.56. The molecule has 1 heterocycles. The van der Waals surface area contributed by atoms with E-state index in [1.807, 2.05) is 6.92 Å². The number of rotatable bonds is 6. The molecule has 0 fully saturated rings. The van der Waals surface area contributed by atoms with Crippen LogP contribution in [0, 0.1) is 0 Å². The van der Waals surface area contributed by atoms with E-state index in [2.05, 4.69) is 22.6 Å². The van der Waals surface area contributed by atoms with Crippen LogP contribution < -0.4 is 5.32 Å². The van der Waals surface area contributed by atoms with Crippen LogP contribution in [-0.4, -0.2) is 27.2 Å². The molecule has 0 aliphatic carbocycles. The van der Waals surface area contributed by atoms with E-state index in [9.17, 15) is 4.21 Å². The maximum atomic E-state index is 11.1. The first-order valence-electron chi connectivity index (χ1n) is 5.09. The molecule has 5 heteroatoms. The number of aryl methyl sites for hydroxylation is 1. The van der Waals surface area contributed by atoms with E-state index >= 15 is 0 Å². The third-order valence-corrected chi connectivity index (χ3v) is 4.55. The van der Waals surface area contributed by atoms with Gasteiger partial charge in [-0.15, -0.1) is 11.3 Å². The van der Waals surface area contributed by atoms with Crippen molar-refractivity contribution >= 4 is 22.1 Å². The lowest BCUT2D eigenvalue weighted by Crippen LogP contribution is -2.27. The monoisotopic (exact) mass is 246 g/mol. The molecule has 0 saturated heterocycles. The van der Waals surface area contributed by atoms with Crippen LogP contribution in [0.4, 0.5) is 0 Å². The molecule has 2 atom stereocenters. The van der Waals surface area contributed by atoms with Crippen LogP contribution in [0.25, 0.3) is 0 Å². The summed E-state index contributed by atoms with van der Waals surface area (Å²) in [5.41, 5.74) is 1.09. The maximum Gasteiger partial charge on any atom is 0.0926 e. The fraction of sp³-hybridized carbons (Fsp3) is 0.700. The van der Waals surface area contributed by atoms with Crippen LogP contribution >= 0.6 is 11.3 Å². The number of aromatic nitrogens is 1. The van der Waals surface area contributed by atoms with Crippen molar-refractivity contribution in [2.45, 2.75) is 32.1 Å². The molecule has 3 nitrogen and oxygen atoms in total. The van der Waals surface area contributed by atoms with Gasteiger partial charge in [-0.2, -0.15) is 0 Å². The summed E-state index contributed by atoms with van der Waals surface area (Å²) in [7, 11) is -0.745. The average Bonchev–Trinajstić information content (AvgIpc) is 2.65. The summed E-state index contributed by atoms with van der Waals surface area (Å²) in [5, 5.41) is 6.74. The van der Waals surface area contributed by atoms with E-state index in [0.29, 0.717) is 0 Å². The summed E-state index contributed by atoms with van der Waals surface area (Å²) >= 11 is 1.70. The number of nitrogens with zero attached hydrogens (tertiary/aromatic N) is 1. The molecule has 0 amide bonds. The van der Waals surface area contributed by atoms with Gasteiger partial charge in [0.25, 0.3) is 0 Å². The van der Waals surface area contributed by atoms with Gasteiger partial charge in [0, 0.05) is 40.8 Å². The SMILES string of the molecule is CCc1nc(CNCC(C)S(C)=O)cs1. The van der Waals surface area contributed by atoms with Crippen LogP contribution in [0.5, 0.6) is 0 Å². The Bertz CT molecular complexity index is 325.